The van der Waals surface area contributed by atoms with E-state index in [-0.39, 0.29) is 41.9 Å². The van der Waals surface area contributed by atoms with Gasteiger partial charge in [-0.15, -0.1) is 0 Å². The first-order chi connectivity index (χ1) is 6.73. The van der Waals surface area contributed by atoms with Crippen LogP contribution in [0.1, 0.15) is 40.0 Å². The van der Waals surface area contributed by atoms with E-state index in [1.165, 1.54) is 5.57 Å². The van der Waals surface area contributed by atoms with Crippen LogP contribution in [0.25, 0.3) is 0 Å². The van der Waals surface area contributed by atoms with E-state index in [4.69, 9.17) is 9.66 Å². The zero-order chi connectivity index (χ0) is 12.1. The van der Waals surface area contributed by atoms with Gasteiger partial charge >= 0.3 is 0 Å². The minimum absolute atomic E-state index is 0. The molecule has 0 spiro atoms. The zero-order valence-corrected chi connectivity index (χ0v) is 13.3. The van der Waals surface area contributed by atoms with Crippen LogP contribution >= 0.6 is 0 Å². The van der Waals surface area contributed by atoms with Crippen LogP contribution in [0.3, 0.4) is 0 Å². The van der Waals surface area contributed by atoms with Gasteiger partial charge in [0.2, 0.25) is 0 Å². The fourth-order valence-electron chi connectivity index (χ4n) is 1.24. The van der Waals surface area contributed by atoms with Gasteiger partial charge in [0.05, 0.1) is 0 Å². The quantitative estimate of drug-likeness (QED) is 0.431. The Bertz CT molecular complexity index is 307. The smallest absolute Gasteiger partial charge is 0.291 e. The normalized spacial score (nSPS) is 14.8. The van der Waals surface area contributed by atoms with Crippen LogP contribution in [0.5, 0.6) is 0 Å². The van der Waals surface area contributed by atoms with Crippen LogP contribution in [0.4, 0.5) is 0 Å². The summed E-state index contributed by atoms with van der Waals surface area (Å²) in [4.78, 5) is 0. The summed E-state index contributed by atoms with van der Waals surface area (Å²) in [7, 11) is -4.30. The van der Waals surface area contributed by atoms with Crippen molar-refractivity contribution in [2.45, 2.75) is 45.5 Å². The average Bonchev–Trinajstić information content (AvgIpc) is 2.01. The molecule has 0 saturated heterocycles. The zero-order valence-electron chi connectivity index (χ0n) is 10.5. The van der Waals surface area contributed by atoms with E-state index >= 15 is 0 Å². The van der Waals surface area contributed by atoms with E-state index in [0.29, 0.717) is 0 Å². The summed E-state index contributed by atoms with van der Waals surface area (Å²) in [6.07, 6.45) is 3.81. The van der Waals surface area contributed by atoms with E-state index in [1.807, 2.05) is 20.8 Å². The maximum atomic E-state index is 10.5. The van der Waals surface area contributed by atoms with E-state index in [9.17, 15) is 8.42 Å². The van der Waals surface area contributed by atoms with Crippen molar-refractivity contribution >= 4 is 39.7 Å². The van der Waals surface area contributed by atoms with E-state index in [1.54, 1.807) is 0 Å². The molecule has 2 unspecified atom stereocenters. The third-order valence-corrected chi connectivity index (χ3v) is 3.04. The Hall–Kier alpha value is 0.610. The average molecular weight is 259 g/mol. The first-order valence-electron chi connectivity index (χ1n) is 5.01. The van der Waals surface area contributed by atoms with Crippen LogP contribution in [0.15, 0.2) is 11.6 Å². The Balaban J connectivity index is 0. The molecule has 2 N–H and O–H groups in total. The molecule has 0 amide bonds. The van der Waals surface area contributed by atoms with Crippen LogP contribution < -0.4 is 0 Å². The number of allylic oxidation sites excluding steroid dienone is 2. The Kier molecular flexibility index (Phi) is 10.3. The largest absolute Gasteiger partial charge is 0.375 e. The minimum atomic E-state index is -4.30. The standard InChI is InChI=1S/C10H20O4S.Na/c1-8(2)5-4-6-9(3)7-10(11)15(12,13)14;/h5,9-11H,4,6-7H2,1-3H3,(H,12,13,14);. The fourth-order valence-corrected chi connectivity index (χ4v) is 1.81. The SMILES string of the molecule is CC(C)=CCCC(C)CC(O)S(=O)(=O)O.[Na]. The second-order valence-electron chi connectivity index (χ2n) is 4.17. The van der Waals surface area contributed by atoms with Crippen LogP contribution in [-0.2, 0) is 10.1 Å². The van der Waals surface area contributed by atoms with Gasteiger partial charge in [-0.05, 0) is 39.0 Å². The van der Waals surface area contributed by atoms with Gasteiger partial charge in [0.1, 0.15) is 0 Å². The number of rotatable bonds is 6. The van der Waals surface area contributed by atoms with Crippen molar-refractivity contribution in [2.24, 2.45) is 5.92 Å². The molecular formula is C10H20NaO4S. The molecule has 0 aromatic rings. The van der Waals surface area contributed by atoms with Crippen LogP contribution in [-0.4, -0.2) is 53.1 Å². The third-order valence-electron chi connectivity index (χ3n) is 2.16. The predicted octanol–water partition coefficient (Wildman–Crippen LogP) is 1.58. The van der Waals surface area contributed by atoms with Gasteiger partial charge in [0, 0.05) is 29.6 Å². The molecule has 0 aliphatic carbocycles. The number of aliphatic hydroxyl groups excluding tert-OH is 1. The second-order valence-corrected chi connectivity index (χ2v) is 5.74. The van der Waals surface area contributed by atoms with Gasteiger partial charge in [-0.25, -0.2) is 0 Å². The first-order valence-corrected chi connectivity index (χ1v) is 6.51. The van der Waals surface area contributed by atoms with Gasteiger partial charge in [-0.3, -0.25) is 4.55 Å². The molecule has 1 radical (unpaired) electrons. The summed E-state index contributed by atoms with van der Waals surface area (Å²) in [5, 5.41) is 9.11. The first kappa shape index (κ1) is 19.0. The molecular weight excluding hydrogens is 239 g/mol. The summed E-state index contributed by atoms with van der Waals surface area (Å²) in [5.41, 5.74) is -0.434. The van der Waals surface area contributed by atoms with Crippen molar-refractivity contribution in [3.63, 3.8) is 0 Å². The van der Waals surface area contributed by atoms with Gasteiger partial charge in [0.15, 0.2) is 5.44 Å². The molecule has 0 aromatic carbocycles. The van der Waals surface area contributed by atoms with Crippen molar-refractivity contribution in [2.75, 3.05) is 0 Å². The van der Waals surface area contributed by atoms with E-state index < -0.39 is 15.6 Å². The molecule has 0 heterocycles. The summed E-state index contributed by atoms with van der Waals surface area (Å²) in [6, 6.07) is 0. The van der Waals surface area contributed by atoms with Gasteiger partial charge in [-0.1, -0.05) is 18.6 Å². The molecule has 0 rings (SSSR count). The second kappa shape index (κ2) is 8.66. The van der Waals surface area contributed by atoms with Gasteiger partial charge < -0.3 is 5.11 Å². The maximum Gasteiger partial charge on any atom is 0.291 e. The Labute approximate surface area is 120 Å². The maximum absolute atomic E-state index is 10.5. The Morgan fingerprint density at radius 1 is 1.38 bits per heavy atom. The molecule has 16 heavy (non-hydrogen) atoms. The minimum Gasteiger partial charge on any atom is -0.375 e. The van der Waals surface area contributed by atoms with Crippen molar-refractivity contribution < 1.29 is 18.1 Å². The molecule has 2 atom stereocenters. The van der Waals surface area contributed by atoms with Gasteiger partial charge in [0.25, 0.3) is 10.1 Å². The molecule has 0 fully saturated rings. The van der Waals surface area contributed by atoms with E-state index in [0.717, 1.165) is 12.8 Å². The van der Waals surface area contributed by atoms with Crippen molar-refractivity contribution in [3.05, 3.63) is 11.6 Å². The molecule has 0 aliphatic rings. The van der Waals surface area contributed by atoms with Crippen molar-refractivity contribution in [1.29, 1.82) is 0 Å². The molecule has 0 aromatic heterocycles. The van der Waals surface area contributed by atoms with Crippen molar-refractivity contribution in [3.8, 4) is 0 Å². The number of hydrogen-bond donors (Lipinski definition) is 2. The molecule has 4 nitrogen and oxygen atoms in total. The number of aliphatic hydroxyl groups is 1. The predicted molar refractivity (Wildman–Crippen MR) is 65.8 cm³/mol. The molecule has 0 saturated carbocycles. The topological polar surface area (TPSA) is 74.6 Å². The molecule has 0 aliphatic heterocycles. The number of hydrogen-bond acceptors (Lipinski definition) is 3. The van der Waals surface area contributed by atoms with Crippen molar-refractivity contribution in [1.82, 2.24) is 0 Å². The van der Waals surface area contributed by atoms with Crippen LogP contribution in [0, 0.1) is 5.92 Å². The van der Waals surface area contributed by atoms with Gasteiger partial charge in [-0.2, -0.15) is 8.42 Å². The summed E-state index contributed by atoms with van der Waals surface area (Å²) in [6.45, 7) is 5.85. The Morgan fingerprint density at radius 2 is 1.88 bits per heavy atom. The fraction of sp³-hybridized carbons (Fsp3) is 0.800. The van der Waals surface area contributed by atoms with Crippen LogP contribution in [0.2, 0.25) is 0 Å². The molecule has 6 heteroatoms. The monoisotopic (exact) mass is 259 g/mol. The Morgan fingerprint density at radius 3 is 2.25 bits per heavy atom. The molecule has 91 valence electrons. The summed E-state index contributed by atoms with van der Waals surface area (Å²) < 4.78 is 29.6. The summed E-state index contributed by atoms with van der Waals surface area (Å²) >= 11 is 0. The van der Waals surface area contributed by atoms with E-state index in [2.05, 4.69) is 6.08 Å². The summed E-state index contributed by atoms with van der Waals surface area (Å²) in [5.74, 6) is 0.0672. The third kappa shape index (κ3) is 9.81. The molecule has 0 bridgehead atoms.